The molecule has 1 saturated heterocycles. The molecule has 5 heteroatoms. The van der Waals surface area contributed by atoms with E-state index >= 15 is 0 Å². The molecule has 1 aliphatic heterocycles. The van der Waals surface area contributed by atoms with Crippen LogP contribution in [-0.2, 0) is 0 Å². The Labute approximate surface area is 81.6 Å². The zero-order valence-electron chi connectivity index (χ0n) is 7.53. The maximum absolute atomic E-state index is 4.19. The van der Waals surface area contributed by atoms with Crippen molar-refractivity contribution in [1.29, 1.82) is 0 Å². The number of aromatic nitrogens is 3. The zero-order valence-corrected chi connectivity index (χ0v) is 8.34. The van der Waals surface area contributed by atoms with Gasteiger partial charge in [0.1, 0.15) is 0 Å². The van der Waals surface area contributed by atoms with E-state index in [9.17, 15) is 0 Å². The topological polar surface area (TPSA) is 50.7 Å². The lowest BCUT2D eigenvalue weighted by Crippen LogP contribution is -2.15. The largest absolute Gasteiger partial charge is 0.309 e. The van der Waals surface area contributed by atoms with E-state index in [0.29, 0.717) is 6.04 Å². The van der Waals surface area contributed by atoms with Crippen LogP contribution in [0.1, 0.15) is 24.6 Å². The van der Waals surface area contributed by atoms with E-state index in [1.54, 1.807) is 0 Å². The molecule has 0 aromatic carbocycles. The van der Waals surface area contributed by atoms with Gasteiger partial charge in [-0.15, -0.1) is 10.2 Å². The van der Waals surface area contributed by atoms with Crippen molar-refractivity contribution in [2.45, 2.75) is 24.0 Å². The standard InChI is InChI=1S/C8H12N4S/c1-13-8-10-5-7(11-12-8)6-3-2-4-9-6/h5-6,9H,2-4H2,1H3. The van der Waals surface area contributed by atoms with Gasteiger partial charge in [-0.25, -0.2) is 4.98 Å². The van der Waals surface area contributed by atoms with Crippen LogP contribution < -0.4 is 5.32 Å². The number of hydrogen-bond donors (Lipinski definition) is 1. The number of nitrogens with zero attached hydrogens (tertiary/aromatic N) is 3. The van der Waals surface area contributed by atoms with E-state index in [-0.39, 0.29) is 0 Å². The molecular formula is C8H12N4S. The molecule has 1 atom stereocenters. The van der Waals surface area contributed by atoms with Crippen LogP contribution in [0.5, 0.6) is 0 Å². The maximum atomic E-state index is 4.19. The average molecular weight is 196 g/mol. The van der Waals surface area contributed by atoms with Crippen molar-refractivity contribution in [3.05, 3.63) is 11.9 Å². The van der Waals surface area contributed by atoms with Gasteiger partial charge in [-0.2, -0.15) is 0 Å². The molecule has 1 fully saturated rings. The van der Waals surface area contributed by atoms with Crippen LogP contribution >= 0.6 is 11.8 Å². The fraction of sp³-hybridized carbons (Fsp3) is 0.625. The van der Waals surface area contributed by atoms with Gasteiger partial charge in [-0.05, 0) is 25.6 Å². The van der Waals surface area contributed by atoms with Crippen LogP contribution in [0.4, 0.5) is 0 Å². The van der Waals surface area contributed by atoms with Crippen molar-refractivity contribution < 1.29 is 0 Å². The Bertz CT molecular complexity index is 268. The molecule has 0 radical (unpaired) electrons. The van der Waals surface area contributed by atoms with Crippen molar-refractivity contribution in [2.24, 2.45) is 0 Å². The van der Waals surface area contributed by atoms with Crippen molar-refractivity contribution >= 4 is 11.8 Å². The predicted molar refractivity (Wildman–Crippen MR) is 51.6 cm³/mol. The average Bonchev–Trinajstić information content (AvgIpc) is 2.71. The molecule has 70 valence electrons. The van der Waals surface area contributed by atoms with Crippen LogP contribution in [0.3, 0.4) is 0 Å². The first-order valence-electron chi connectivity index (χ1n) is 4.37. The smallest absolute Gasteiger partial charge is 0.208 e. The number of nitrogens with one attached hydrogen (secondary N) is 1. The minimum Gasteiger partial charge on any atom is -0.309 e. The van der Waals surface area contributed by atoms with Gasteiger partial charge >= 0.3 is 0 Å². The van der Waals surface area contributed by atoms with E-state index in [0.717, 1.165) is 23.8 Å². The molecule has 4 nitrogen and oxygen atoms in total. The normalized spacial score (nSPS) is 22.1. The summed E-state index contributed by atoms with van der Waals surface area (Å²) in [6.45, 7) is 1.08. The predicted octanol–water partition coefficient (Wildman–Crippen LogP) is 1.02. The Kier molecular flexibility index (Phi) is 2.75. The lowest BCUT2D eigenvalue weighted by Gasteiger charge is -2.07. The fourth-order valence-electron chi connectivity index (χ4n) is 1.46. The van der Waals surface area contributed by atoms with Gasteiger partial charge in [0.15, 0.2) is 0 Å². The van der Waals surface area contributed by atoms with Gasteiger partial charge in [0, 0.05) is 0 Å². The third-order valence-corrected chi connectivity index (χ3v) is 2.71. The quantitative estimate of drug-likeness (QED) is 0.716. The van der Waals surface area contributed by atoms with Gasteiger partial charge in [0.25, 0.3) is 0 Å². The molecular weight excluding hydrogens is 184 g/mol. The lowest BCUT2D eigenvalue weighted by atomic mass is 10.2. The fourth-order valence-corrected chi connectivity index (χ4v) is 1.74. The molecule has 13 heavy (non-hydrogen) atoms. The van der Waals surface area contributed by atoms with Crippen molar-refractivity contribution in [3.8, 4) is 0 Å². The van der Waals surface area contributed by atoms with E-state index < -0.39 is 0 Å². The summed E-state index contributed by atoms with van der Waals surface area (Å²) in [4.78, 5) is 4.19. The van der Waals surface area contributed by atoms with Crippen molar-refractivity contribution in [2.75, 3.05) is 12.8 Å². The summed E-state index contributed by atoms with van der Waals surface area (Å²) >= 11 is 1.51. The number of rotatable bonds is 2. The summed E-state index contributed by atoms with van der Waals surface area (Å²) in [5.74, 6) is 0. The molecule has 1 aromatic heterocycles. The second kappa shape index (κ2) is 4.02. The Morgan fingerprint density at radius 1 is 1.54 bits per heavy atom. The summed E-state index contributed by atoms with van der Waals surface area (Å²) in [6.07, 6.45) is 6.14. The molecule has 0 saturated carbocycles. The molecule has 0 bridgehead atoms. The van der Waals surface area contributed by atoms with E-state index in [4.69, 9.17) is 0 Å². The van der Waals surface area contributed by atoms with Crippen LogP contribution in [0, 0.1) is 0 Å². The molecule has 1 N–H and O–H groups in total. The highest BCUT2D eigenvalue weighted by Gasteiger charge is 2.17. The molecule has 0 spiro atoms. The SMILES string of the molecule is CSc1ncc(C2CCCN2)nn1. The van der Waals surface area contributed by atoms with Crippen molar-refractivity contribution in [3.63, 3.8) is 0 Å². The highest BCUT2D eigenvalue weighted by molar-refractivity contribution is 7.98. The monoisotopic (exact) mass is 196 g/mol. The molecule has 1 aliphatic rings. The second-order valence-electron chi connectivity index (χ2n) is 3.02. The highest BCUT2D eigenvalue weighted by Crippen LogP contribution is 2.20. The van der Waals surface area contributed by atoms with Gasteiger partial charge < -0.3 is 5.32 Å². The molecule has 2 heterocycles. The van der Waals surface area contributed by atoms with Gasteiger partial charge in [-0.3, -0.25) is 0 Å². The van der Waals surface area contributed by atoms with Gasteiger partial charge in [0.2, 0.25) is 5.16 Å². The Hall–Kier alpha value is -0.680. The summed E-state index contributed by atoms with van der Waals surface area (Å²) in [5, 5.41) is 12.2. The van der Waals surface area contributed by atoms with Crippen LogP contribution in [0.15, 0.2) is 11.4 Å². The Morgan fingerprint density at radius 3 is 3.00 bits per heavy atom. The minimum absolute atomic E-state index is 0.371. The van der Waals surface area contributed by atoms with Crippen LogP contribution in [0.25, 0.3) is 0 Å². The van der Waals surface area contributed by atoms with Crippen molar-refractivity contribution in [1.82, 2.24) is 20.5 Å². The Morgan fingerprint density at radius 2 is 2.46 bits per heavy atom. The third-order valence-electron chi connectivity index (χ3n) is 2.16. The van der Waals surface area contributed by atoms with Gasteiger partial charge in [-0.1, -0.05) is 11.8 Å². The number of hydrogen-bond acceptors (Lipinski definition) is 5. The minimum atomic E-state index is 0.371. The van der Waals surface area contributed by atoms with Crippen LogP contribution in [0.2, 0.25) is 0 Å². The summed E-state index contributed by atoms with van der Waals surface area (Å²) in [6, 6.07) is 0.371. The van der Waals surface area contributed by atoms with Gasteiger partial charge in [0.05, 0.1) is 17.9 Å². The molecule has 2 rings (SSSR count). The van der Waals surface area contributed by atoms with E-state index in [1.165, 1.54) is 18.2 Å². The first-order chi connectivity index (χ1) is 6.40. The summed E-state index contributed by atoms with van der Waals surface area (Å²) < 4.78 is 0. The van der Waals surface area contributed by atoms with Crippen LogP contribution in [-0.4, -0.2) is 28.0 Å². The molecule has 0 amide bonds. The Balaban J connectivity index is 2.12. The molecule has 1 aromatic rings. The number of thioether (sulfide) groups is 1. The van der Waals surface area contributed by atoms with E-state index in [1.807, 2.05) is 12.5 Å². The first kappa shape index (κ1) is 8.90. The first-order valence-corrected chi connectivity index (χ1v) is 5.59. The molecule has 1 unspecified atom stereocenters. The third kappa shape index (κ3) is 1.97. The zero-order chi connectivity index (χ0) is 9.10. The molecule has 0 aliphatic carbocycles. The maximum Gasteiger partial charge on any atom is 0.208 e. The second-order valence-corrected chi connectivity index (χ2v) is 3.79. The summed E-state index contributed by atoms with van der Waals surface area (Å²) in [5.41, 5.74) is 0.968. The van der Waals surface area contributed by atoms with E-state index in [2.05, 4.69) is 20.5 Å². The lowest BCUT2D eigenvalue weighted by molar-refractivity contribution is 0.600. The highest BCUT2D eigenvalue weighted by atomic mass is 32.2. The summed E-state index contributed by atoms with van der Waals surface area (Å²) in [7, 11) is 0.